The van der Waals surface area contributed by atoms with E-state index in [-0.39, 0.29) is 10.9 Å². The van der Waals surface area contributed by atoms with E-state index >= 15 is 0 Å². The van der Waals surface area contributed by atoms with Crippen LogP contribution >= 0.6 is 11.8 Å². The van der Waals surface area contributed by atoms with E-state index in [1.165, 1.54) is 26.4 Å². The minimum absolute atomic E-state index is 0.132. The van der Waals surface area contributed by atoms with Gasteiger partial charge in [0.05, 0.1) is 24.8 Å². The fourth-order valence-electron chi connectivity index (χ4n) is 3.29. The average molecular weight is 475 g/mol. The molecule has 7 nitrogen and oxygen atoms in total. The zero-order valence-corrected chi connectivity index (χ0v) is 19.8. The molecule has 1 atom stereocenters. The van der Waals surface area contributed by atoms with Crippen LogP contribution in [-0.2, 0) is 19.6 Å². The number of hydrogen-bond acceptors (Lipinski definition) is 7. The van der Waals surface area contributed by atoms with Crippen LogP contribution in [0.5, 0.6) is 5.75 Å². The van der Waals surface area contributed by atoms with Gasteiger partial charge in [0.1, 0.15) is 11.8 Å². The van der Waals surface area contributed by atoms with Gasteiger partial charge in [-0.15, -0.1) is 0 Å². The third kappa shape index (κ3) is 5.46. The fourth-order valence-corrected chi connectivity index (χ4v) is 4.84. The van der Waals surface area contributed by atoms with Gasteiger partial charge in [0, 0.05) is 16.5 Å². The van der Waals surface area contributed by atoms with Gasteiger partial charge in [-0.05, 0) is 54.8 Å². The van der Waals surface area contributed by atoms with Crippen LogP contribution in [0.3, 0.4) is 0 Å². The Balaban J connectivity index is 1.94. The lowest BCUT2D eigenvalue weighted by Crippen LogP contribution is -2.31. The maximum Gasteiger partial charge on any atom is 0.328 e. The minimum Gasteiger partial charge on any atom is -0.497 e. The predicted octanol–water partition coefficient (Wildman–Crippen LogP) is 4.36. The monoisotopic (exact) mass is 474 g/mol. The number of methoxy groups -OCH3 is 2. The largest absolute Gasteiger partial charge is 0.497 e. The summed E-state index contributed by atoms with van der Waals surface area (Å²) in [6.07, 6.45) is 2.58. The first-order valence-electron chi connectivity index (χ1n) is 9.91. The topological polar surface area (TPSA) is 93.7 Å². The SMILES string of the molecule is COC(=O)[C@H](CCSC)Nc1ccc(NS(=O)(=O)c2ccc(OC)cc2)c2ccccc12. The van der Waals surface area contributed by atoms with Crippen LogP contribution in [0.4, 0.5) is 11.4 Å². The molecule has 3 aromatic carbocycles. The Morgan fingerprint density at radius 1 is 0.969 bits per heavy atom. The summed E-state index contributed by atoms with van der Waals surface area (Å²) in [6.45, 7) is 0. The van der Waals surface area contributed by atoms with Crippen molar-refractivity contribution >= 4 is 49.9 Å². The molecule has 0 aliphatic rings. The Morgan fingerprint density at radius 2 is 1.59 bits per heavy atom. The minimum atomic E-state index is -3.80. The molecule has 0 aliphatic heterocycles. The molecule has 0 heterocycles. The van der Waals surface area contributed by atoms with Gasteiger partial charge in [-0.25, -0.2) is 13.2 Å². The summed E-state index contributed by atoms with van der Waals surface area (Å²) in [7, 11) is -0.908. The lowest BCUT2D eigenvalue weighted by molar-refractivity contribution is -0.141. The smallest absolute Gasteiger partial charge is 0.328 e. The maximum atomic E-state index is 12.9. The number of anilines is 2. The molecule has 0 amide bonds. The first kappa shape index (κ1) is 23.7. The van der Waals surface area contributed by atoms with E-state index in [1.54, 1.807) is 36.0 Å². The zero-order valence-electron chi connectivity index (χ0n) is 18.1. The van der Waals surface area contributed by atoms with Crippen molar-refractivity contribution in [1.82, 2.24) is 0 Å². The van der Waals surface area contributed by atoms with E-state index in [1.807, 2.05) is 30.5 Å². The van der Waals surface area contributed by atoms with Crippen LogP contribution in [0.15, 0.2) is 65.6 Å². The van der Waals surface area contributed by atoms with Crippen LogP contribution in [0.1, 0.15) is 6.42 Å². The summed E-state index contributed by atoms with van der Waals surface area (Å²) in [5.41, 5.74) is 1.17. The highest BCUT2D eigenvalue weighted by Crippen LogP contribution is 2.32. The molecule has 170 valence electrons. The highest BCUT2D eigenvalue weighted by molar-refractivity contribution is 7.98. The van der Waals surface area contributed by atoms with Crippen LogP contribution in [-0.4, -0.2) is 46.7 Å². The summed E-state index contributed by atoms with van der Waals surface area (Å²) in [5, 5.41) is 4.77. The lowest BCUT2D eigenvalue weighted by Gasteiger charge is -2.20. The van der Waals surface area contributed by atoms with Gasteiger partial charge in [0.2, 0.25) is 0 Å². The number of hydrogen-bond donors (Lipinski definition) is 2. The third-order valence-corrected chi connectivity index (χ3v) is 6.99. The van der Waals surface area contributed by atoms with Crippen LogP contribution in [0.2, 0.25) is 0 Å². The number of thioether (sulfide) groups is 1. The highest BCUT2D eigenvalue weighted by Gasteiger charge is 2.21. The summed E-state index contributed by atoms with van der Waals surface area (Å²) >= 11 is 1.65. The molecule has 0 aromatic heterocycles. The molecular formula is C23H26N2O5S2. The maximum absolute atomic E-state index is 12.9. The lowest BCUT2D eigenvalue weighted by atomic mass is 10.1. The van der Waals surface area contributed by atoms with Crippen molar-refractivity contribution in [3.8, 4) is 5.75 Å². The molecule has 32 heavy (non-hydrogen) atoms. The normalized spacial score (nSPS) is 12.2. The van der Waals surface area contributed by atoms with Crippen LogP contribution in [0.25, 0.3) is 10.8 Å². The van der Waals surface area contributed by atoms with Gasteiger partial charge in [-0.2, -0.15) is 11.8 Å². The van der Waals surface area contributed by atoms with Gasteiger partial charge in [-0.1, -0.05) is 24.3 Å². The number of carbonyl (C=O) groups excluding carboxylic acids is 1. The summed E-state index contributed by atoms with van der Waals surface area (Å²) < 4.78 is 38.6. The number of benzene rings is 3. The van der Waals surface area contributed by atoms with Crippen molar-refractivity contribution in [2.75, 3.05) is 36.3 Å². The van der Waals surface area contributed by atoms with E-state index in [2.05, 4.69) is 10.0 Å². The molecule has 2 N–H and O–H groups in total. The number of ether oxygens (including phenoxy) is 2. The molecular weight excluding hydrogens is 448 g/mol. The van der Waals surface area contributed by atoms with E-state index in [9.17, 15) is 13.2 Å². The van der Waals surface area contributed by atoms with Crippen LogP contribution in [0, 0.1) is 0 Å². The van der Waals surface area contributed by atoms with Gasteiger partial charge >= 0.3 is 5.97 Å². The Kier molecular flexibility index (Phi) is 7.87. The van der Waals surface area contributed by atoms with Gasteiger partial charge in [0.25, 0.3) is 10.0 Å². The number of sulfonamides is 1. The van der Waals surface area contributed by atoms with Crippen molar-refractivity contribution in [3.05, 3.63) is 60.7 Å². The zero-order chi connectivity index (χ0) is 23.1. The quantitative estimate of drug-likeness (QED) is 0.422. The van der Waals surface area contributed by atoms with Crippen molar-refractivity contribution in [2.24, 2.45) is 0 Å². The van der Waals surface area contributed by atoms with Crippen molar-refractivity contribution in [2.45, 2.75) is 17.4 Å². The molecule has 9 heteroatoms. The standard InChI is InChI=1S/C23H26N2O5S2/c1-29-16-8-10-17(11-9-16)32(27,28)25-21-13-12-20(18-6-4-5-7-19(18)21)24-22(14-15-31-3)23(26)30-2/h4-13,22,24-25H,14-15H2,1-3H3/t22-/m0/s1. The van der Waals surface area contributed by atoms with Crippen molar-refractivity contribution < 1.29 is 22.7 Å². The molecule has 0 saturated carbocycles. The molecule has 3 aromatic rings. The summed E-state index contributed by atoms with van der Waals surface area (Å²) in [4.78, 5) is 12.4. The van der Waals surface area contributed by atoms with Crippen molar-refractivity contribution in [1.29, 1.82) is 0 Å². The van der Waals surface area contributed by atoms with E-state index in [0.717, 1.165) is 16.8 Å². The molecule has 0 aliphatic carbocycles. The second kappa shape index (κ2) is 10.6. The Morgan fingerprint density at radius 3 is 2.19 bits per heavy atom. The predicted molar refractivity (Wildman–Crippen MR) is 130 cm³/mol. The first-order valence-corrected chi connectivity index (χ1v) is 12.8. The average Bonchev–Trinajstić information content (AvgIpc) is 2.82. The number of carbonyl (C=O) groups is 1. The number of esters is 1. The van der Waals surface area contributed by atoms with Crippen LogP contribution < -0.4 is 14.8 Å². The highest BCUT2D eigenvalue weighted by atomic mass is 32.2. The summed E-state index contributed by atoms with van der Waals surface area (Å²) in [5.74, 6) is 1.03. The van der Waals surface area contributed by atoms with E-state index in [4.69, 9.17) is 9.47 Å². The second-order valence-corrected chi connectivity index (χ2v) is 9.66. The Labute approximate surface area is 192 Å². The van der Waals surface area contributed by atoms with Crippen molar-refractivity contribution in [3.63, 3.8) is 0 Å². The Bertz CT molecular complexity index is 1180. The number of fused-ring (bicyclic) bond motifs is 1. The molecule has 0 saturated heterocycles. The number of nitrogens with one attached hydrogen (secondary N) is 2. The third-order valence-electron chi connectivity index (χ3n) is 4.96. The Hall–Kier alpha value is -2.91. The van der Waals surface area contributed by atoms with Gasteiger partial charge in [-0.3, -0.25) is 4.72 Å². The van der Waals surface area contributed by atoms with Gasteiger partial charge < -0.3 is 14.8 Å². The first-order chi connectivity index (χ1) is 15.4. The number of rotatable bonds is 10. The molecule has 0 fully saturated rings. The van der Waals surface area contributed by atoms with Gasteiger partial charge in [0.15, 0.2) is 0 Å². The molecule has 0 unspecified atom stereocenters. The summed E-state index contributed by atoms with van der Waals surface area (Å²) in [6, 6.07) is 16.6. The van der Waals surface area contributed by atoms with E-state index in [0.29, 0.717) is 23.2 Å². The molecule has 0 radical (unpaired) electrons. The fraction of sp³-hybridized carbons (Fsp3) is 0.261. The molecule has 0 spiro atoms. The molecule has 0 bridgehead atoms. The second-order valence-electron chi connectivity index (χ2n) is 6.99. The molecule has 3 rings (SSSR count). The van der Waals surface area contributed by atoms with E-state index < -0.39 is 16.1 Å².